The summed E-state index contributed by atoms with van der Waals surface area (Å²) in [4.78, 5) is 24.0. The van der Waals surface area contributed by atoms with Crippen molar-refractivity contribution >= 4 is 33.6 Å². The molecule has 0 unspecified atom stereocenters. The monoisotopic (exact) mass is 351 g/mol. The van der Waals surface area contributed by atoms with Crippen LogP contribution in [-0.2, 0) is 11.8 Å². The maximum Gasteiger partial charge on any atom is 0.343 e. The number of nitrogens with zero attached hydrogens (tertiary/aromatic N) is 2. The van der Waals surface area contributed by atoms with Crippen LogP contribution < -0.4 is 5.32 Å². The molecule has 0 fully saturated rings. The van der Waals surface area contributed by atoms with Gasteiger partial charge in [-0.2, -0.15) is 5.10 Å². The van der Waals surface area contributed by atoms with Crippen molar-refractivity contribution in [3.63, 3.8) is 0 Å². The van der Waals surface area contributed by atoms with Gasteiger partial charge in [0.25, 0.3) is 5.91 Å². The summed E-state index contributed by atoms with van der Waals surface area (Å²) in [6, 6.07) is 6.95. The first-order valence-electron chi connectivity index (χ1n) is 6.29. The minimum atomic E-state index is -0.518. The van der Waals surface area contributed by atoms with Crippen LogP contribution in [0.3, 0.4) is 0 Å². The molecule has 1 N–H and O–H groups in total. The third-order valence-electron chi connectivity index (χ3n) is 2.75. The zero-order chi connectivity index (χ0) is 15.4. The van der Waals surface area contributed by atoms with Crippen molar-refractivity contribution in [2.75, 3.05) is 11.9 Å². The second-order valence-corrected chi connectivity index (χ2v) is 5.13. The molecule has 110 valence electrons. The third kappa shape index (κ3) is 3.49. The first-order valence-corrected chi connectivity index (χ1v) is 7.08. The molecule has 0 atom stereocenters. The number of rotatable bonds is 4. The van der Waals surface area contributed by atoms with Gasteiger partial charge in [0.15, 0.2) is 0 Å². The highest BCUT2D eigenvalue weighted by atomic mass is 79.9. The fourth-order valence-electron chi connectivity index (χ4n) is 1.75. The van der Waals surface area contributed by atoms with Crippen molar-refractivity contribution in [2.45, 2.75) is 6.92 Å². The molecule has 1 aromatic carbocycles. The second-order valence-electron chi connectivity index (χ2n) is 4.22. The third-order valence-corrected chi connectivity index (χ3v) is 3.25. The topological polar surface area (TPSA) is 73.2 Å². The van der Waals surface area contributed by atoms with E-state index in [1.165, 1.54) is 10.9 Å². The van der Waals surface area contributed by atoms with Gasteiger partial charge in [0, 0.05) is 17.1 Å². The molecule has 7 heteroatoms. The van der Waals surface area contributed by atoms with E-state index in [1.54, 1.807) is 32.2 Å². The van der Waals surface area contributed by atoms with E-state index in [-0.39, 0.29) is 18.1 Å². The number of aryl methyl sites for hydroxylation is 1. The number of carbonyl (C=O) groups is 2. The predicted molar refractivity (Wildman–Crippen MR) is 81.3 cm³/mol. The van der Waals surface area contributed by atoms with Crippen molar-refractivity contribution in [1.82, 2.24) is 9.78 Å². The Balaban J connectivity index is 2.25. The molecular formula is C14H14BrN3O3. The van der Waals surface area contributed by atoms with E-state index in [4.69, 9.17) is 4.74 Å². The molecule has 1 heterocycles. The van der Waals surface area contributed by atoms with E-state index in [0.29, 0.717) is 11.4 Å². The van der Waals surface area contributed by atoms with Crippen molar-refractivity contribution in [3.8, 4) is 0 Å². The average molecular weight is 352 g/mol. The molecule has 2 aromatic rings. The van der Waals surface area contributed by atoms with Gasteiger partial charge in [-0.05, 0) is 25.1 Å². The van der Waals surface area contributed by atoms with Crippen molar-refractivity contribution in [1.29, 1.82) is 0 Å². The molecule has 0 saturated heterocycles. The Bertz CT molecular complexity index is 682. The largest absolute Gasteiger partial charge is 0.462 e. The molecular weight excluding hydrogens is 338 g/mol. The van der Waals surface area contributed by atoms with E-state index in [2.05, 4.69) is 26.3 Å². The molecule has 0 bridgehead atoms. The van der Waals surface area contributed by atoms with Crippen LogP contribution in [0.25, 0.3) is 0 Å². The standard InChI is InChI=1S/C14H14BrN3O3/c1-3-21-14(20)11-8-16-18(2)12(11)17-13(19)9-5-4-6-10(15)7-9/h4-8H,3H2,1-2H3,(H,17,19). The Morgan fingerprint density at radius 2 is 2.19 bits per heavy atom. The number of anilines is 1. The number of benzene rings is 1. The molecule has 0 aliphatic heterocycles. The lowest BCUT2D eigenvalue weighted by Crippen LogP contribution is -2.17. The maximum atomic E-state index is 12.2. The van der Waals surface area contributed by atoms with Crippen molar-refractivity contribution < 1.29 is 14.3 Å². The fourth-order valence-corrected chi connectivity index (χ4v) is 2.15. The Morgan fingerprint density at radius 1 is 1.43 bits per heavy atom. The highest BCUT2D eigenvalue weighted by molar-refractivity contribution is 9.10. The zero-order valence-electron chi connectivity index (χ0n) is 11.6. The average Bonchev–Trinajstić information content (AvgIpc) is 2.80. The van der Waals surface area contributed by atoms with E-state index < -0.39 is 5.97 Å². The van der Waals surface area contributed by atoms with Crippen LogP contribution in [0.2, 0.25) is 0 Å². The van der Waals surface area contributed by atoms with Gasteiger partial charge in [0.2, 0.25) is 0 Å². The number of esters is 1. The van der Waals surface area contributed by atoms with E-state index in [1.807, 2.05) is 6.07 Å². The lowest BCUT2D eigenvalue weighted by molar-refractivity contribution is 0.0527. The number of ether oxygens (including phenoxy) is 1. The number of amides is 1. The first-order chi connectivity index (χ1) is 10.0. The number of nitrogens with one attached hydrogen (secondary N) is 1. The summed E-state index contributed by atoms with van der Waals surface area (Å²) in [6.07, 6.45) is 1.37. The molecule has 2 rings (SSSR count). The van der Waals surface area contributed by atoms with E-state index >= 15 is 0 Å². The fraction of sp³-hybridized carbons (Fsp3) is 0.214. The zero-order valence-corrected chi connectivity index (χ0v) is 13.2. The van der Waals surface area contributed by atoms with Gasteiger partial charge in [-0.15, -0.1) is 0 Å². The Morgan fingerprint density at radius 3 is 2.86 bits per heavy atom. The summed E-state index contributed by atoms with van der Waals surface area (Å²) in [5.41, 5.74) is 0.697. The number of hydrogen-bond acceptors (Lipinski definition) is 4. The van der Waals surface area contributed by atoms with Gasteiger partial charge in [-0.25, -0.2) is 4.79 Å². The van der Waals surface area contributed by atoms with Gasteiger partial charge in [0.05, 0.1) is 12.8 Å². The van der Waals surface area contributed by atoms with Crippen LogP contribution >= 0.6 is 15.9 Å². The normalized spacial score (nSPS) is 10.2. The van der Waals surface area contributed by atoms with Crippen LogP contribution in [0, 0.1) is 0 Å². The first kappa shape index (κ1) is 15.2. The summed E-state index contributed by atoms with van der Waals surface area (Å²) in [6.45, 7) is 1.97. The minimum Gasteiger partial charge on any atom is -0.462 e. The van der Waals surface area contributed by atoms with Gasteiger partial charge in [-0.1, -0.05) is 22.0 Å². The Kier molecular flexibility index (Phi) is 4.74. The van der Waals surface area contributed by atoms with Crippen LogP contribution in [0.15, 0.2) is 34.9 Å². The van der Waals surface area contributed by atoms with Crippen molar-refractivity contribution in [3.05, 3.63) is 46.1 Å². The summed E-state index contributed by atoms with van der Waals surface area (Å²) in [5.74, 6) is -0.543. The Hall–Kier alpha value is -2.15. The van der Waals surface area contributed by atoms with Gasteiger partial charge in [-0.3, -0.25) is 9.48 Å². The molecule has 0 saturated carbocycles. The number of hydrogen-bond donors (Lipinski definition) is 1. The van der Waals surface area contributed by atoms with Gasteiger partial charge in [0.1, 0.15) is 11.4 Å². The molecule has 0 aliphatic carbocycles. The van der Waals surface area contributed by atoms with Crippen LogP contribution in [0.1, 0.15) is 27.6 Å². The van der Waals surface area contributed by atoms with E-state index in [9.17, 15) is 9.59 Å². The number of aromatic nitrogens is 2. The van der Waals surface area contributed by atoms with Gasteiger partial charge >= 0.3 is 5.97 Å². The summed E-state index contributed by atoms with van der Waals surface area (Å²) < 4.78 is 7.15. The summed E-state index contributed by atoms with van der Waals surface area (Å²) in [7, 11) is 1.64. The molecule has 0 aliphatic rings. The summed E-state index contributed by atoms with van der Waals surface area (Å²) >= 11 is 3.31. The second kappa shape index (κ2) is 6.53. The minimum absolute atomic E-state index is 0.225. The molecule has 1 amide bonds. The summed E-state index contributed by atoms with van der Waals surface area (Å²) in [5, 5.41) is 6.66. The maximum absolute atomic E-state index is 12.2. The van der Waals surface area contributed by atoms with Crippen molar-refractivity contribution in [2.24, 2.45) is 7.05 Å². The SMILES string of the molecule is CCOC(=O)c1cnn(C)c1NC(=O)c1cccc(Br)c1. The highest BCUT2D eigenvalue weighted by Crippen LogP contribution is 2.18. The Labute approximate surface area is 130 Å². The lowest BCUT2D eigenvalue weighted by Gasteiger charge is -2.08. The molecule has 21 heavy (non-hydrogen) atoms. The number of halogens is 1. The smallest absolute Gasteiger partial charge is 0.343 e. The molecule has 0 spiro atoms. The van der Waals surface area contributed by atoms with Crippen LogP contribution in [0.5, 0.6) is 0 Å². The predicted octanol–water partition coefficient (Wildman–Crippen LogP) is 2.61. The van der Waals surface area contributed by atoms with Crippen LogP contribution in [0.4, 0.5) is 5.82 Å². The van der Waals surface area contributed by atoms with E-state index in [0.717, 1.165) is 4.47 Å². The highest BCUT2D eigenvalue weighted by Gasteiger charge is 2.19. The lowest BCUT2D eigenvalue weighted by atomic mass is 10.2. The molecule has 0 radical (unpaired) electrons. The number of carbonyl (C=O) groups excluding carboxylic acids is 2. The molecule has 1 aromatic heterocycles. The molecule has 6 nitrogen and oxygen atoms in total. The quantitative estimate of drug-likeness (QED) is 0.859. The van der Waals surface area contributed by atoms with Gasteiger partial charge < -0.3 is 10.1 Å². The van der Waals surface area contributed by atoms with Crippen LogP contribution in [-0.4, -0.2) is 28.3 Å².